The summed E-state index contributed by atoms with van der Waals surface area (Å²) in [4.78, 5) is 0. The predicted octanol–water partition coefficient (Wildman–Crippen LogP) is 14.7. The average molecular weight is 625 g/mol. The van der Waals surface area contributed by atoms with Gasteiger partial charge in [0.15, 0.2) is 0 Å². The highest BCUT2D eigenvalue weighted by molar-refractivity contribution is 4.60. The van der Waals surface area contributed by atoms with Gasteiger partial charge in [-0.15, -0.1) is 0 Å². The van der Waals surface area contributed by atoms with Crippen molar-refractivity contribution in [2.45, 2.75) is 259 Å². The van der Waals surface area contributed by atoms with E-state index in [9.17, 15) is 10.2 Å². The Labute approximate surface area is 280 Å². The molecule has 0 aliphatic carbocycles. The van der Waals surface area contributed by atoms with Crippen LogP contribution in [0.15, 0.2) is 0 Å². The van der Waals surface area contributed by atoms with Gasteiger partial charge in [0.2, 0.25) is 0 Å². The van der Waals surface area contributed by atoms with Crippen LogP contribution < -0.4 is 0 Å². The van der Waals surface area contributed by atoms with Crippen LogP contribution in [-0.4, -0.2) is 22.9 Å². The molecule has 0 spiro atoms. The molecule has 0 amide bonds. The maximum absolute atomic E-state index is 10.1. The lowest BCUT2D eigenvalue weighted by Crippen LogP contribution is -2.06. The van der Waals surface area contributed by atoms with Crippen molar-refractivity contribution < 1.29 is 10.2 Å². The molecule has 0 bridgehead atoms. The molecular weight excluding hydrogens is 536 g/mol. The molecule has 0 aromatic heterocycles. The zero-order chi connectivity index (χ0) is 32.6. The molecule has 2 N–H and O–H groups in total. The predicted molar refractivity (Wildman–Crippen MR) is 201 cm³/mol. The van der Waals surface area contributed by atoms with Crippen LogP contribution in [0.2, 0.25) is 0 Å². The first-order valence-electron chi connectivity index (χ1n) is 20.9. The molecular formula is C42H88O2. The number of hydrogen-bond acceptors (Lipinski definition) is 2. The highest BCUT2D eigenvalue weighted by Crippen LogP contribution is 2.19. The molecule has 0 aromatic carbocycles. The molecule has 0 radical (unpaired) electrons. The third-order valence-corrected chi connectivity index (χ3v) is 9.72. The van der Waals surface area contributed by atoms with Gasteiger partial charge in [-0.1, -0.05) is 227 Å². The summed E-state index contributed by atoms with van der Waals surface area (Å²) in [6.45, 7) is 9.50. The Morgan fingerprint density at radius 3 is 0.727 bits per heavy atom. The second kappa shape index (κ2) is 42.9. The minimum absolute atomic E-state index is 0.0290. The van der Waals surface area contributed by atoms with Crippen molar-refractivity contribution in [3.8, 4) is 0 Å². The Morgan fingerprint density at radius 2 is 0.500 bits per heavy atom. The maximum Gasteiger partial charge on any atom is 0.0540 e. The van der Waals surface area contributed by atoms with E-state index in [1.54, 1.807) is 0 Å². The molecule has 0 heterocycles. The van der Waals surface area contributed by atoms with Gasteiger partial charge in [-0.25, -0.2) is 0 Å². The van der Waals surface area contributed by atoms with Gasteiger partial charge in [-0.05, 0) is 31.6 Å². The van der Waals surface area contributed by atoms with Crippen molar-refractivity contribution in [2.24, 2.45) is 5.92 Å². The molecule has 44 heavy (non-hydrogen) atoms. The molecule has 0 aliphatic rings. The van der Waals surface area contributed by atoms with Crippen LogP contribution in [0.3, 0.4) is 0 Å². The summed E-state index contributed by atoms with van der Waals surface area (Å²) in [6.07, 6.45) is 47.1. The minimum Gasteiger partial charge on any atom is -0.396 e. The van der Waals surface area contributed by atoms with Crippen molar-refractivity contribution in [3.63, 3.8) is 0 Å². The fourth-order valence-corrected chi connectivity index (χ4v) is 6.46. The SMILES string of the molecule is CCCCCCCCC(CO)CCCCCCCC.CCCCCCCCCCCCCC(O)CCCCCCCCCC. The van der Waals surface area contributed by atoms with E-state index in [-0.39, 0.29) is 6.10 Å². The van der Waals surface area contributed by atoms with Crippen molar-refractivity contribution in [1.82, 2.24) is 0 Å². The van der Waals surface area contributed by atoms with Crippen molar-refractivity contribution in [3.05, 3.63) is 0 Å². The van der Waals surface area contributed by atoms with Crippen LogP contribution in [0.1, 0.15) is 252 Å². The largest absolute Gasteiger partial charge is 0.396 e. The Morgan fingerprint density at radius 1 is 0.295 bits per heavy atom. The van der Waals surface area contributed by atoms with Crippen molar-refractivity contribution in [1.29, 1.82) is 0 Å². The Balaban J connectivity index is 0. The van der Waals surface area contributed by atoms with E-state index < -0.39 is 0 Å². The zero-order valence-electron chi connectivity index (χ0n) is 31.5. The fourth-order valence-electron chi connectivity index (χ4n) is 6.46. The number of unbranched alkanes of at least 4 members (excludes halogenated alkanes) is 27. The topological polar surface area (TPSA) is 40.5 Å². The van der Waals surface area contributed by atoms with Gasteiger partial charge >= 0.3 is 0 Å². The maximum atomic E-state index is 10.1. The normalized spacial score (nSPS) is 12.1. The van der Waals surface area contributed by atoms with Gasteiger partial charge in [0.1, 0.15) is 0 Å². The number of aliphatic hydroxyl groups is 2. The van der Waals surface area contributed by atoms with E-state index in [0.29, 0.717) is 12.5 Å². The first-order valence-corrected chi connectivity index (χ1v) is 20.9. The summed E-state index contributed by atoms with van der Waals surface area (Å²) in [5.74, 6) is 0.581. The number of hydrogen-bond donors (Lipinski definition) is 2. The molecule has 2 nitrogen and oxygen atoms in total. The van der Waals surface area contributed by atoms with E-state index in [1.165, 1.54) is 212 Å². The summed E-state index contributed by atoms with van der Waals surface area (Å²) in [5, 5.41) is 19.5. The molecule has 2 heteroatoms. The number of aliphatic hydroxyl groups excluding tert-OH is 2. The average Bonchev–Trinajstić information content (AvgIpc) is 3.03. The smallest absolute Gasteiger partial charge is 0.0540 e. The van der Waals surface area contributed by atoms with E-state index in [4.69, 9.17) is 0 Å². The molecule has 0 aromatic rings. The van der Waals surface area contributed by atoms with Crippen molar-refractivity contribution in [2.75, 3.05) is 6.61 Å². The zero-order valence-corrected chi connectivity index (χ0v) is 31.5. The second-order valence-electron chi connectivity index (χ2n) is 14.4. The Kier molecular flexibility index (Phi) is 44.9. The van der Waals surface area contributed by atoms with Gasteiger partial charge in [0, 0.05) is 6.61 Å². The lowest BCUT2D eigenvalue weighted by molar-refractivity contribution is 0.147. The minimum atomic E-state index is -0.0290. The van der Waals surface area contributed by atoms with Crippen LogP contribution in [-0.2, 0) is 0 Å². The molecule has 0 rings (SSSR count). The van der Waals surface area contributed by atoms with Gasteiger partial charge in [-0.2, -0.15) is 0 Å². The van der Waals surface area contributed by atoms with Crippen LogP contribution in [0, 0.1) is 5.92 Å². The highest BCUT2D eigenvalue weighted by atomic mass is 16.3. The van der Waals surface area contributed by atoms with Crippen LogP contribution >= 0.6 is 0 Å². The van der Waals surface area contributed by atoms with E-state index in [2.05, 4.69) is 27.7 Å². The standard InChI is InChI=1S/C24H50O.C18H38O/c1-3-5-7-9-11-13-14-15-17-19-21-23-24(25)22-20-18-16-12-10-8-6-4-2;1-3-5-7-9-11-13-15-18(17-19)16-14-12-10-8-6-4-2/h24-25H,3-23H2,1-2H3;18-19H,3-17H2,1-2H3. The quantitative estimate of drug-likeness (QED) is 0.0681. The molecule has 0 saturated carbocycles. The summed E-state index contributed by atoms with van der Waals surface area (Å²) in [5.41, 5.74) is 0. The number of rotatable bonds is 36. The second-order valence-corrected chi connectivity index (χ2v) is 14.4. The van der Waals surface area contributed by atoms with Crippen LogP contribution in [0.4, 0.5) is 0 Å². The van der Waals surface area contributed by atoms with Gasteiger partial charge in [0.05, 0.1) is 6.10 Å². The summed E-state index contributed by atoms with van der Waals surface area (Å²) >= 11 is 0. The molecule has 0 aliphatic heterocycles. The first kappa shape index (κ1) is 46.0. The summed E-state index contributed by atoms with van der Waals surface area (Å²) in [6, 6.07) is 0. The molecule has 1 unspecified atom stereocenters. The van der Waals surface area contributed by atoms with Crippen molar-refractivity contribution >= 4 is 0 Å². The monoisotopic (exact) mass is 625 g/mol. The molecule has 1 atom stereocenters. The van der Waals surface area contributed by atoms with E-state index >= 15 is 0 Å². The third kappa shape index (κ3) is 41.9. The van der Waals surface area contributed by atoms with Gasteiger partial charge in [0.25, 0.3) is 0 Å². The first-order chi connectivity index (χ1) is 21.7. The van der Waals surface area contributed by atoms with E-state index in [1.807, 2.05) is 0 Å². The highest BCUT2D eigenvalue weighted by Gasteiger charge is 2.07. The van der Waals surface area contributed by atoms with Gasteiger partial charge < -0.3 is 10.2 Å². The van der Waals surface area contributed by atoms with Crippen LogP contribution in [0.25, 0.3) is 0 Å². The summed E-state index contributed by atoms with van der Waals surface area (Å²) in [7, 11) is 0. The Bertz CT molecular complexity index is 449. The molecule has 268 valence electrons. The molecule has 0 saturated heterocycles. The lowest BCUT2D eigenvalue weighted by atomic mass is 9.95. The van der Waals surface area contributed by atoms with Crippen LogP contribution in [0.5, 0.6) is 0 Å². The van der Waals surface area contributed by atoms with Gasteiger partial charge in [-0.3, -0.25) is 0 Å². The lowest BCUT2D eigenvalue weighted by Gasteiger charge is -2.13. The Hall–Kier alpha value is -0.0800. The van der Waals surface area contributed by atoms with E-state index in [0.717, 1.165) is 12.8 Å². The fraction of sp³-hybridized carbons (Fsp3) is 1.00. The molecule has 0 fully saturated rings. The summed E-state index contributed by atoms with van der Waals surface area (Å²) < 4.78 is 0. The third-order valence-electron chi connectivity index (χ3n) is 9.72.